The van der Waals surface area contributed by atoms with Gasteiger partial charge < -0.3 is 14.2 Å². The Morgan fingerprint density at radius 1 is 1.09 bits per heavy atom. The molecule has 3 heteroatoms. The van der Waals surface area contributed by atoms with Gasteiger partial charge in [-0.05, 0) is 13.3 Å². The summed E-state index contributed by atoms with van der Waals surface area (Å²) in [6, 6.07) is 0. The molecule has 0 atom stereocenters. The van der Waals surface area contributed by atoms with E-state index < -0.39 is 0 Å². The smallest absolute Gasteiger partial charge is 0.165 e. The van der Waals surface area contributed by atoms with Crippen molar-refractivity contribution in [1.82, 2.24) is 0 Å². The van der Waals surface area contributed by atoms with Crippen LogP contribution >= 0.6 is 0 Å². The second kappa shape index (κ2) is 4.04. The second-order valence-corrected chi connectivity index (χ2v) is 2.80. The van der Waals surface area contributed by atoms with Gasteiger partial charge in [-0.3, -0.25) is 0 Å². The van der Waals surface area contributed by atoms with Gasteiger partial charge in [0.05, 0.1) is 26.4 Å². The highest BCUT2D eigenvalue weighted by atomic mass is 16.7. The van der Waals surface area contributed by atoms with Gasteiger partial charge >= 0.3 is 0 Å². The third kappa shape index (κ3) is 2.77. The van der Waals surface area contributed by atoms with E-state index in [4.69, 9.17) is 14.2 Å². The topological polar surface area (TPSA) is 27.7 Å². The van der Waals surface area contributed by atoms with Crippen molar-refractivity contribution < 1.29 is 14.2 Å². The maximum atomic E-state index is 5.47. The van der Waals surface area contributed by atoms with Gasteiger partial charge in [0.2, 0.25) is 0 Å². The first-order valence-electron chi connectivity index (χ1n) is 4.12. The third-order valence-electron chi connectivity index (χ3n) is 1.91. The Morgan fingerprint density at radius 3 is 2.09 bits per heavy atom. The summed E-state index contributed by atoms with van der Waals surface area (Å²) in [5, 5.41) is 0. The molecule has 11 heavy (non-hydrogen) atoms. The lowest BCUT2D eigenvalue weighted by Crippen LogP contribution is -2.36. The first-order valence-corrected chi connectivity index (χ1v) is 4.12. The SMILES string of the molecule is CCC1(C)OCCOCCO1. The highest BCUT2D eigenvalue weighted by Crippen LogP contribution is 2.17. The van der Waals surface area contributed by atoms with Crippen LogP contribution in [-0.2, 0) is 14.2 Å². The van der Waals surface area contributed by atoms with Crippen LogP contribution in [0.1, 0.15) is 20.3 Å². The molecule has 0 saturated carbocycles. The summed E-state index contributed by atoms with van der Waals surface area (Å²) in [7, 11) is 0. The van der Waals surface area contributed by atoms with Gasteiger partial charge in [-0.2, -0.15) is 0 Å². The summed E-state index contributed by atoms with van der Waals surface area (Å²) < 4.78 is 16.1. The average molecular weight is 160 g/mol. The average Bonchev–Trinajstić information content (AvgIpc) is 1.98. The zero-order chi connectivity index (χ0) is 8.16. The molecule has 66 valence electrons. The van der Waals surface area contributed by atoms with Crippen molar-refractivity contribution in [3.05, 3.63) is 0 Å². The Morgan fingerprint density at radius 2 is 1.64 bits per heavy atom. The predicted octanol–water partition coefficient (Wildman–Crippen LogP) is 1.18. The van der Waals surface area contributed by atoms with Crippen LogP contribution in [-0.4, -0.2) is 32.2 Å². The molecule has 0 aromatic rings. The van der Waals surface area contributed by atoms with E-state index in [-0.39, 0.29) is 5.79 Å². The Hall–Kier alpha value is -0.120. The quantitative estimate of drug-likeness (QED) is 0.576. The van der Waals surface area contributed by atoms with Crippen molar-refractivity contribution in [2.45, 2.75) is 26.1 Å². The van der Waals surface area contributed by atoms with E-state index in [0.717, 1.165) is 6.42 Å². The van der Waals surface area contributed by atoms with Crippen molar-refractivity contribution in [2.24, 2.45) is 0 Å². The van der Waals surface area contributed by atoms with Gasteiger partial charge in [-0.25, -0.2) is 0 Å². The minimum absolute atomic E-state index is 0.385. The van der Waals surface area contributed by atoms with E-state index in [1.165, 1.54) is 0 Å². The lowest BCUT2D eigenvalue weighted by Gasteiger charge is -2.30. The number of rotatable bonds is 1. The molecule has 0 aromatic carbocycles. The Bertz CT molecular complexity index is 106. The minimum Gasteiger partial charge on any atom is -0.377 e. The van der Waals surface area contributed by atoms with Crippen LogP contribution < -0.4 is 0 Å². The van der Waals surface area contributed by atoms with E-state index >= 15 is 0 Å². The molecule has 1 saturated heterocycles. The summed E-state index contributed by atoms with van der Waals surface area (Å²) in [6.07, 6.45) is 0.882. The fraction of sp³-hybridized carbons (Fsp3) is 1.00. The molecule has 1 rings (SSSR count). The van der Waals surface area contributed by atoms with Crippen LogP contribution in [0.3, 0.4) is 0 Å². The lowest BCUT2D eigenvalue weighted by molar-refractivity contribution is -0.250. The van der Waals surface area contributed by atoms with Crippen LogP contribution in [0.2, 0.25) is 0 Å². The van der Waals surface area contributed by atoms with E-state index in [9.17, 15) is 0 Å². The molecular weight excluding hydrogens is 144 g/mol. The summed E-state index contributed by atoms with van der Waals surface area (Å²) in [5.74, 6) is -0.385. The van der Waals surface area contributed by atoms with Crippen LogP contribution in [0.4, 0.5) is 0 Å². The zero-order valence-corrected chi connectivity index (χ0v) is 7.26. The van der Waals surface area contributed by atoms with Crippen molar-refractivity contribution in [3.8, 4) is 0 Å². The molecule has 0 spiro atoms. The van der Waals surface area contributed by atoms with Crippen LogP contribution in [0.5, 0.6) is 0 Å². The van der Waals surface area contributed by atoms with Gasteiger partial charge in [0.25, 0.3) is 0 Å². The molecule has 0 unspecified atom stereocenters. The summed E-state index contributed by atoms with van der Waals surface area (Å²) in [6.45, 7) is 6.65. The Balaban J connectivity index is 2.37. The van der Waals surface area contributed by atoms with E-state index in [1.807, 2.05) is 6.92 Å². The normalized spacial score (nSPS) is 25.6. The molecular formula is C8H16O3. The van der Waals surface area contributed by atoms with Crippen LogP contribution in [0.25, 0.3) is 0 Å². The molecule has 0 amide bonds. The van der Waals surface area contributed by atoms with Gasteiger partial charge in [0, 0.05) is 0 Å². The predicted molar refractivity (Wildman–Crippen MR) is 41.4 cm³/mol. The fourth-order valence-electron chi connectivity index (χ4n) is 0.981. The van der Waals surface area contributed by atoms with Gasteiger partial charge in [0.15, 0.2) is 5.79 Å². The summed E-state index contributed by atoms with van der Waals surface area (Å²) in [4.78, 5) is 0. The summed E-state index contributed by atoms with van der Waals surface area (Å²) in [5.41, 5.74) is 0. The highest BCUT2D eigenvalue weighted by molar-refractivity contribution is 4.61. The van der Waals surface area contributed by atoms with Gasteiger partial charge in [0.1, 0.15) is 0 Å². The molecule has 1 fully saturated rings. The van der Waals surface area contributed by atoms with Crippen molar-refractivity contribution in [1.29, 1.82) is 0 Å². The van der Waals surface area contributed by atoms with Crippen molar-refractivity contribution >= 4 is 0 Å². The zero-order valence-electron chi connectivity index (χ0n) is 7.26. The fourth-order valence-corrected chi connectivity index (χ4v) is 0.981. The van der Waals surface area contributed by atoms with E-state index in [1.54, 1.807) is 0 Å². The van der Waals surface area contributed by atoms with E-state index in [2.05, 4.69) is 6.92 Å². The molecule has 3 nitrogen and oxygen atoms in total. The van der Waals surface area contributed by atoms with Crippen LogP contribution in [0, 0.1) is 0 Å². The first-order chi connectivity index (χ1) is 5.27. The van der Waals surface area contributed by atoms with Gasteiger partial charge in [-0.15, -0.1) is 0 Å². The Kier molecular flexibility index (Phi) is 3.30. The highest BCUT2D eigenvalue weighted by Gasteiger charge is 2.24. The van der Waals surface area contributed by atoms with Crippen molar-refractivity contribution in [2.75, 3.05) is 26.4 Å². The minimum atomic E-state index is -0.385. The first kappa shape index (κ1) is 8.97. The van der Waals surface area contributed by atoms with Crippen molar-refractivity contribution in [3.63, 3.8) is 0 Å². The summed E-state index contributed by atoms with van der Waals surface area (Å²) >= 11 is 0. The largest absolute Gasteiger partial charge is 0.377 e. The molecule has 1 heterocycles. The molecule has 0 bridgehead atoms. The standard InChI is InChI=1S/C8H16O3/c1-3-8(2)10-6-4-9-5-7-11-8/h3-7H2,1-2H3. The molecule has 0 aromatic heterocycles. The molecule has 0 N–H and O–H groups in total. The van der Waals surface area contributed by atoms with E-state index in [0.29, 0.717) is 26.4 Å². The van der Waals surface area contributed by atoms with Crippen LogP contribution in [0.15, 0.2) is 0 Å². The maximum Gasteiger partial charge on any atom is 0.165 e. The molecule has 1 aliphatic rings. The lowest BCUT2D eigenvalue weighted by atomic mass is 10.2. The molecule has 0 radical (unpaired) electrons. The number of hydrogen-bond acceptors (Lipinski definition) is 3. The third-order valence-corrected chi connectivity index (χ3v) is 1.91. The number of hydrogen-bond donors (Lipinski definition) is 0. The molecule has 0 aliphatic carbocycles. The monoisotopic (exact) mass is 160 g/mol. The molecule has 1 aliphatic heterocycles. The maximum absolute atomic E-state index is 5.47. The Labute approximate surface area is 67.6 Å². The second-order valence-electron chi connectivity index (χ2n) is 2.80. The number of ether oxygens (including phenoxy) is 3. The van der Waals surface area contributed by atoms with Gasteiger partial charge in [-0.1, -0.05) is 6.92 Å².